The van der Waals surface area contributed by atoms with Gasteiger partial charge < -0.3 is 15.7 Å². The smallest absolute Gasteiger partial charge is 0.394 e. The first-order chi connectivity index (χ1) is 9.45. The SMILES string of the molecule is O.O=S(=O)(O)O.c1ccc2c(N3CCNCC3)snc2c1. The summed E-state index contributed by atoms with van der Waals surface area (Å²) in [6.07, 6.45) is 0. The lowest BCUT2D eigenvalue weighted by Gasteiger charge is -2.27. The van der Waals surface area contributed by atoms with E-state index in [2.05, 4.69) is 32.8 Å². The summed E-state index contributed by atoms with van der Waals surface area (Å²) in [7, 11) is -4.67. The summed E-state index contributed by atoms with van der Waals surface area (Å²) in [5.74, 6) is 0. The second kappa shape index (κ2) is 7.64. The Labute approximate surface area is 126 Å². The van der Waals surface area contributed by atoms with Gasteiger partial charge in [0.2, 0.25) is 0 Å². The van der Waals surface area contributed by atoms with E-state index in [-0.39, 0.29) is 5.48 Å². The Morgan fingerprint density at radius 3 is 2.38 bits per heavy atom. The van der Waals surface area contributed by atoms with E-state index in [1.807, 2.05) is 6.07 Å². The van der Waals surface area contributed by atoms with Crippen LogP contribution >= 0.6 is 11.5 Å². The standard InChI is InChI=1S/C11H13N3S.H2O4S.H2O/c1-2-4-10-9(3-1)11(15-13-10)14-7-5-12-6-8-14;1-5(2,3)4;/h1-4,12H,5-8H2;(H2,1,2,3,4);1H2. The van der Waals surface area contributed by atoms with Crippen LogP contribution in [0.1, 0.15) is 0 Å². The highest BCUT2D eigenvalue weighted by Crippen LogP contribution is 2.30. The van der Waals surface area contributed by atoms with Gasteiger partial charge in [-0.05, 0) is 23.7 Å². The van der Waals surface area contributed by atoms with Crippen molar-refractivity contribution in [2.75, 3.05) is 31.1 Å². The van der Waals surface area contributed by atoms with Gasteiger partial charge in [-0.15, -0.1) is 0 Å². The summed E-state index contributed by atoms with van der Waals surface area (Å²) in [5.41, 5.74) is 1.12. The fraction of sp³-hybridized carbons (Fsp3) is 0.364. The lowest BCUT2D eigenvalue weighted by atomic mass is 10.2. The average molecular weight is 335 g/mol. The van der Waals surface area contributed by atoms with Crippen LogP contribution in [0.15, 0.2) is 24.3 Å². The molecule has 0 atom stereocenters. The molecule has 0 radical (unpaired) electrons. The summed E-state index contributed by atoms with van der Waals surface area (Å²) < 4.78 is 36.1. The molecule has 5 N–H and O–H groups in total. The van der Waals surface area contributed by atoms with Crippen LogP contribution in [0.4, 0.5) is 5.00 Å². The maximum absolute atomic E-state index is 8.74. The summed E-state index contributed by atoms with van der Waals surface area (Å²) in [6, 6.07) is 8.37. The van der Waals surface area contributed by atoms with Gasteiger partial charge in [0.05, 0.1) is 5.52 Å². The number of nitrogens with zero attached hydrogens (tertiary/aromatic N) is 2. The lowest BCUT2D eigenvalue weighted by molar-refractivity contribution is 0.381. The van der Waals surface area contributed by atoms with E-state index in [1.165, 1.54) is 10.4 Å². The number of fused-ring (bicyclic) bond motifs is 1. The first-order valence-corrected chi connectivity index (χ1v) is 8.12. The molecular weight excluding hydrogens is 318 g/mol. The molecule has 1 saturated heterocycles. The number of anilines is 1. The van der Waals surface area contributed by atoms with Gasteiger partial charge in [0.1, 0.15) is 5.00 Å². The van der Waals surface area contributed by atoms with Crippen molar-refractivity contribution in [3.05, 3.63) is 24.3 Å². The van der Waals surface area contributed by atoms with E-state index in [4.69, 9.17) is 17.5 Å². The van der Waals surface area contributed by atoms with Crippen LogP contribution in [0.25, 0.3) is 10.9 Å². The van der Waals surface area contributed by atoms with E-state index in [1.54, 1.807) is 11.5 Å². The molecule has 0 aliphatic carbocycles. The molecule has 0 spiro atoms. The second-order valence-corrected chi connectivity index (χ2v) is 5.84. The van der Waals surface area contributed by atoms with Crippen LogP contribution in [0, 0.1) is 0 Å². The molecule has 2 aromatic rings. The van der Waals surface area contributed by atoms with Crippen molar-refractivity contribution in [3.63, 3.8) is 0 Å². The van der Waals surface area contributed by atoms with Crippen molar-refractivity contribution in [2.24, 2.45) is 0 Å². The number of hydrogen-bond acceptors (Lipinski definition) is 6. The molecule has 0 unspecified atom stereocenters. The Bertz CT molecular complexity index is 659. The topological polar surface area (TPSA) is 134 Å². The molecule has 8 nitrogen and oxygen atoms in total. The molecule has 21 heavy (non-hydrogen) atoms. The molecule has 0 bridgehead atoms. The van der Waals surface area contributed by atoms with Crippen LogP contribution in [-0.4, -0.2) is 53.6 Å². The van der Waals surface area contributed by atoms with Gasteiger partial charge in [0.25, 0.3) is 0 Å². The van der Waals surface area contributed by atoms with Crippen LogP contribution in [0.2, 0.25) is 0 Å². The number of hydrogen-bond donors (Lipinski definition) is 3. The molecule has 1 aliphatic heterocycles. The molecule has 1 fully saturated rings. The molecule has 1 aliphatic rings. The fourth-order valence-electron chi connectivity index (χ4n) is 1.97. The fourth-order valence-corrected chi connectivity index (χ4v) is 2.88. The number of aromatic nitrogens is 1. The van der Waals surface area contributed by atoms with Crippen molar-refractivity contribution in [3.8, 4) is 0 Å². The van der Waals surface area contributed by atoms with Crippen LogP contribution in [0.3, 0.4) is 0 Å². The zero-order valence-corrected chi connectivity index (χ0v) is 12.7. The van der Waals surface area contributed by atoms with Gasteiger partial charge in [-0.1, -0.05) is 12.1 Å². The zero-order valence-electron chi connectivity index (χ0n) is 11.1. The van der Waals surface area contributed by atoms with Crippen molar-refractivity contribution in [1.82, 2.24) is 9.69 Å². The Balaban J connectivity index is 0.000000324. The first-order valence-electron chi connectivity index (χ1n) is 5.95. The summed E-state index contributed by atoms with van der Waals surface area (Å²) in [5, 5.41) is 5.99. The highest BCUT2D eigenvalue weighted by molar-refractivity contribution is 7.79. The number of piperazine rings is 1. The highest BCUT2D eigenvalue weighted by Gasteiger charge is 2.15. The third kappa shape index (κ3) is 5.53. The van der Waals surface area contributed by atoms with Crippen molar-refractivity contribution < 1.29 is 23.0 Å². The normalized spacial score (nSPS) is 15.0. The quantitative estimate of drug-likeness (QED) is 0.635. The van der Waals surface area contributed by atoms with Crippen LogP contribution in [0.5, 0.6) is 0 Å². The Hall–Kier alpha value is -1.30. The van der Waals surface area contributed by atoms with Crippen molar-refractivity contribution in [1.29, 1.82) is 0 Å². The van der Waals surface area contributed by atoms with Gasteiger partial charge in [0, 0.05) is 31.6 Å². The van der Waals surface area contributed by atoms with E-state index >= 15 is 0 Å². The Morgan fingerprint density at radius 1 is 1.19 bits per heavy atom. The van der Waals surface area contributed by atoms with E-state index < -0.39 is 10.4 Å². The third-order valence-corrected chi connectivity index (χ3v) is 3.71. The molecule has 118 valence electrons. The highest BCUT2D eigenvalue weighted by atomic mass is 32.3. The first kappa shape index (κ1) is 17.8. The van der Waals surface area contributed by atoms with E-state index in [0.717, 1.165) is 31.7 Å². The maximum Gasteiger partial charge on any atom is 0.394 e. The van der Waals surface area contributed by atoms with Gasteiger partial charge in [0.15, 0.2) is 0 Å². The maximum atomic E-state index is 8.74. The van der Waals surface area contributed by atoms with Crippen LogP contribution < -0.4 is 10.2 Å². The molecule has 3 rings (SSSR count). The van der Waals surface area contributed by atoms with Gasteiger partial charge >= 0.3 is 10.4 Å². The molecule has 0 saturated carbocycles. The third-order valence-electron chi connectivity index (χ3n) is 2.77. The predicted octanol–water partition coefficient (Wildman–Crippen LogP) is 0.228. The van der Waals surface area contributed by atoms with E-state index in [9.17, 15) is 0 Å². The summed E-state index contributed by atoms with van der Waals surface area (Å²) >= 11 is 1.62. The van der Waals surface area contributed by atoms with Crippen molar-refractivity contribution in [2.45, 2.75) is 0 Å². The predicted molar refractivity (Wildman–Crippen MR) is 82.5 cm³/mol. The summed E-state index contributed by atoms with van der Waals surface area (Å²) in [6.45, 7) is 4.33. The molecule has 0 amide bonds. The largest absolute Gasteiger partial charge is 0.412 e. The molecule has 1 aromatic carbocycles. The minimum Gasteiger partial charge on any atom is -0.412 e. The molecule has 2 heterocycles. The van der Waals surface area contributed by atoms with Gasteiger partial charge in [-0.3, -0.25) is 9.11 Å². The zero-order chi connectivity index (χ0) is 14.6. The molecule has 1 aromatic heterocycles. The molecule has 10 heteroatoms. The monoisotopic (exact) mass is 335 g/mol. The molecular formula is C11H17N3O5S2. The minimum atomic E-state index is -4.67. The summed E-state index contributed by atoms with van der Waals surface area (Å²) in [4.78, 5) is 2.43. The Kier molecular flexibility index (Phi) is 6.45. The van der Waals surface area contributed by atoms with Gasteiger partial charge in [-0.25, -0.2) is 0 Å². The lowest BCUT2D eigenvalue weighted by Crippen LogP contribution is -2.43. The number of benzene rings is 1. The van der Waals surface area contributed by atoms with Crippen molar-refractivity contribution >= 4 is 37.8 Å². The number of rotatable bonds is 1. The minimum absolute atomic E-state index is 0. The van der Waals surface area contributed by atoms with Gasteiger partial charge in [-0.2, -0.15) is 12.8 Å². The average Bonchev–Trinajstić information content (AvgIpc) is 2.81. The Morgan fingerprint density at radius 2 is 1.76 bits per heavy atom. The van der Waals surface area contributed by atoms with Crippen LogP contribution in [-0.2, 0) is 10.4 Å². The second-order valence-electron chi connectivity index (χ2n) is 4.19. The number of nitrogens with one attached hydrogen (secondary N) is 1. The van der Waals surface area contributed by atoms with E-state index in [0.29, 0.717) is 0 Å².